The largest absolute Gasteiger partial charge is 0.508 e. The van der Waals surface area contributed by atoms with Crippen LogP contribution < -0.4 is 0 Å². The van der Waals surface area contributed by atoms with Crippen LogP contribution in [0, 0.1) is 0 Å². The highest BCUT2D eigenvalue weighted by Gasteiger charge is 2.27. The van der Waals surface area contributed by atoms with Gasteiger partial charge in [-0.1, -0.05) is 71.2 Å². The van der Waals surface area contributed by atoms with E-state index in [1.807, 2.05) is 36.4 Å². The highest BCUT2D eigenvalue weighted by molar-refractivity contribution is 6.66. The Kier molecular flexibility index (Phi) is 4.39. The average molecular weight is 367 g/mol. The number of rotatable bonds is 2. The third-order valence-electron chi connectivity index (χ3n) is 3.17. The Morgan fingerprint density at radius 2 is 1.26 bits per heavy atom. The van der Waals surface area contributed by atoms with Crippen molar-refractivity contribution < 1.29 is 5.11 Å². The van der Waals surface area contributed by atoms with Gasteiger partial charge in [0.1, 0.15) is 12.1 Å². The molecule has 4 nitrogen and oxygen atoms in total. The predicted octanol–water partition coefficient (Wildman–Crippen LogP) is 4.74. The van der Waals surface area contributed by atoms with Gasteiger partial charge >= 0.3 is 0 Å². The topological polar surface area (TPSA) is 58.9 Å². The molecule has 0 bridgehead atoms. The maximum Gasteiger partial charge on any atom is 0.250 e. The van der Waals surface area contributed by atoms with E-state index in [0.717, 1.165) is 16.7 Å². The molecule has 0 aliphatic rings. The molecule has 0 fully saturated rings. The molecule has 0 aliphatic carbocycles. The van der Waals surface area contributed by atoms with Crippen LogP contribution in [0.1, 0.15) is 5.82 Å². The van der Waals surface area contributed by atoms with Crippen LogP contribution in [0.3, 0.4) is 0 Å². The molecule has 1 aromatic heterocycles. The van der Waals surface area contributed by atoms with E-state index in [9.17, 15) is 5.11 Å². The third kappa shape index (κ3) is 3.72. The highest BCUT2D eigenvalue weighted by Crippen LogP contribution is 2.36. The predicted molar refractivity (Wildman–Crippen MR) is 91.6 cm³/mol. The standard InChI is InChI=1S/C16H10Cl3N3O/c17-16(18,19)15-21-9-20-14(22-15)12-3-1-10(2-4-12)11-5-7-13(23)8-6-11/h1-9,23H. The summed E-state index contributed by atoms with van der Waals surface area (Å²) in [6, 6.07) is 14.6. The molecule has 23 heavy (non-hydrogen) atoms. The van der Waals surface area contributed by atoms with E-state index in [0.29, 0.717) is 5.82 Å². The molecule has 2 aromatic carbocycles. The van der Waals surface area contributed by atoms with Gasteiger partial charge in [0, 0.05) is 5.56 Å². The summed E-state index contributed by atoms with van der Waals surface area (Å²) >= 11 is 17.4. The molecule has 0 saturated carbocycles. The van der Waals surface area contributed by atoms with Crippen LogP contribution in [0.5, 0.6) is 5.75 Å². The van der Waals surface area contributed by atoms with Crippen molar-refractivity contribution in [2.24, 2.45) is 0 Å². The molecule has 0 atom stereocenters. The number of hydrogen-bond acceptors (Lipinski definition) is 4. The first-order valence-electron chi connectivity index (χ1n) is 6.59. The zero-order valence-electron chi connectivity index (χ0n) is 11.6. The number of phenols is 1. The fraction of sp³-hybridized carbons (Fsp3) is 0.0625. The zero-order valence-corrected chi connectivity index (χ0v) is 13.9. The first-order valence-corrected chi connectivity index (χ1v) is 7.73. The van der Waals surface area contributed by atoms with Crippen molar-refractivity contribution in [2.45, 2.75) is 3.79 Å². The molecule has 0 amide bonds. The number of nitrogens with zero attached hydrogens (tertiary/aromatic N) is 3. The maximum absolute atomic E-state index is 9.33. The van der Waals surface area contributed by atoms with Crippen molar-refractivity contribution >= 4 is 34.8 Å². The summed E-state index contributed by atoms with van der Waals surface area (Å²) in [5.41, 5.74) is 2.78. The van der Waals surface area contributed by atoms with Gasteiger partial charge in [0.2, 0.25) is 3.79 Å². The molecule has 116 valence electrons. The molecular weight excluding hydrogens is 357 g/mol. The van der Waals surface area contributed by atoms with Gasteiger partial charge in [-0.3, -0.25) is 0 Å². The van der Waals surface area contributed by atoms with E-state index in [1.165, 1.54) is 6.33 Å². The summed E-state index contributed by atoms with van der Waals surface area (Å²) in [5.74, 6) is 0.739. The molecule has 7 heteroatoms. The second-order valence-electron chi connectivity index (χ2n) is 4.75. The second-order valence-corrected chi connectivity index (χ2v) is 7.04. The van der Waals surface area contributed by atoms with Gasteiger partial charge in [0.25, 0.3) is 0 Å². The van der Waals surface area contributed by atoms with Gasteiger partial charge in [0.15, 0.2) is 11.6 Å². The normalized spacial score (nSPS) is 11.4. The minimum atomic E-state index is -1.69. The number of hydrogen-bond donors (Lipinski definition) is 1. The lowest BCUT2D eigenvalue weighted by atomic mass is 10.0. The van der Waals surface area contributed by atoms with Crippen molar-refractivity contribution in [1.29, 1.82) is 0 Å². The lowest BCUT2D eigenvalue weighted by molar-refractivity contribution is 0.475. The summed E-state index contributed by atoms with van der Waals surface area (Å²) in [6.07, 6.45) is 1.31. The van der Waals surface area contributed by atoms with E-state index >= 15 is 0 Å². The molecule has 1 N–H and O–H groups in total. The van der Waals surface area contributed by atoms with Crippen molar-refractivity contribution in [1.82, 2.24) is 15.0 Å². The fourth-order valence-corrected chi connectivity index (χ4v) is 2.31. The Morgan fingerprint density at radius 3 is 1.83 bits per heavy atom. The molecule has 3 aromatic rings. The number of halogens is 3. The Balaban J connectivity index is 1.92. The van der Waals surface area contributed by atoms with Gasteiger partial charge in [-0.25, -0.2) is 15.0 Å². The van der Waals surface area contributed by atoms with Crippen molar-refractivity contribution in [2.75, 3.05) is 0 Å². The van der Waals surface area contributed by atoms with Crippen molar-refractivity contribution in [3.63, 3.8) is 0 Å². The Labute approximate surface area is 147 Å². The molecule has 0 radical (unpaired) electrons. The van der Waals surface area contributed by atoms with E-state index in [4.69, 9.17) is 34.8 Å². The summed E-state index contributed by atoms with van der Waals surface area (Å²) in [6.45, 7) is 0. The Hall–Kier alpha value is -1.88. The molecule has 0 spiro atoms. The number of phenolic OH excluding ortho intramolecular Hbond substituents is 1. The van der Waals surface area contributed by atoms with Gasteiger partial charge in [-0.15, -0.1) is 0 Å². The zero-order chi connectivity index (χ0) is 16.4. The molecular formula is C16H10Cl3N3O. The van der Waals surface area contributed by atoms with Crippen LogP contribution in [0.4, 0.5) is 0 Å². The van der Waals surface area contributed by atoms with E-state index in [1.54, 1.807) is 12.1 Å². The number of aromatic nitrogens is 3. The second kappa shape index (κ2) is 6.32. The van der Waals surface area contributed by atoms with Crippen LogP contribution >= 0.6 is 34.8 Å². The van der Waals surface area contributed by atoms with Crippen LogP contribution in [-0.4, -0.2) is 20.1 Å². The Morgan fingerprint density at radius 1 is 0.739 bits per heavy atom. The van der Waals surface area contributed by atoms with Gasteiger partial charge in [-0.05, 0) is 23.3 Å². The summed E-state index contributed by atoms with van der Waals surface area (Å²) < 4.78 is -1.69. The molecule has 1 heterocycles. The number of aromatic hydroxyl groups is 1. The third-order valence-corrected chi connectivity index (χ3v) is 3.68. The number of benzene rings is 2. The van der Waals surface area contributed by atoms with Crippen molar-refractivity contribution in [3.05, 3.63) is 60.7 Å². The van der Waals surface area contributed by atoms with Gasteiger partial charge < -0.3 is 5.11 Å². The number of alkyl halides is 3. The SMILES string of the molecule is Oc1ccc(-c2ccc(-c3ncnc(C(Cl)(Cl)Cl)n3)cc2)cc1. The fourth-order valence-electron chi connectivity index (χ4n) is 2.04. The first kappa shape index (κ1) is 16.0. The van der Waals surface area contributed by atoms with Crippen LogP contribution in [0.2, 0.25) is 0 Å². The molecule has 0 saturated heterocycles. The minimum Gasteiger partial charge on any atom is -0.508 e. The van der Waals surface area contributed by atoms with E-state index in [2.05, 4.69) is 15.0 Å². The quantitative estimate of drug-likeness (QED) is 0.666. The molecule has 0 unspecified atom stereocenters. The van der Waals surface area contributed by atoms with E-state index < -0.39 is 3.79 Å². The van der Waals surface area contributed by atoms with Crippen LogP contribution in [0.25, 0.3) is 22.5 Å². The van der Waals surface area contributed by atoms with Crippen molar-refractivity contribution in [3.8, 4) is 28.3 Å². The Bertz CT molecular complexity index is 815. The molecule has 0 aliphatic heterocycles. The lowest BCUT2D eigenvalue weighted by Crippen LogP contribution is -2.08. The van der Waals surface area contributed by atoms with Crippen LogP contribution in [-0.2, 0) is 3.79 Å². The monoisotopic (exact) mass is 365 g/mol. The smallest absolute Gasteiger partial charge is 0.250 e. The lowest BCUT2D eigenvalue weighted by Gasteiger charge is -2.09. The highest BCUT2D eigenvalue weighted by atomic mass is 35.6. The van der Waals surface area contributed by atoms with E-state index in [-0.39, 0.29) is 11.6 Å². The maximum atomic E-state index is 9.33. The molecule has 3 rings (SSSR count). The van der Waals surface area contributed by atoms with Gasteiger partial charge in [0.05, 0.1) is 0 Å². The summed E-state index contributed by atoms with van der Waals surface area (Å²) in [4.78, 5) is 12.2. The first-order chi connectivity index (χ1) is 10.9. The summed E-state index contributed by atoms with van der Waals surface area (Å²) in [7, 11) is 0. The average Bonchev–Trinajstić information content (AvgIpc) is 2.55. The van der Waals surface area contributed by atoms with Gasteiger partial charge in [-0.2, -0.15) is 0 Å². The minimum absolute atomic E-state index is 0.0788. The van der Waals surface area contributed by atoms with Crippen LogP contribution in [0.15, 0.2) is 54.9 Å². The summed E-state index contributed by atoms with van der Waals surface area (Å²) in [5, 5.41) is 9.33.